The average molecular weight is 176 g/mol. The minimum Gasteiger partial charge on any atom is -0.385 e. The summed E-state index contributed by atoms with van der Waals surface area (Å²) in [5.41, 5.74) is 4.54. The molecule has 1 N–H and O–H groups in total. The van der Waals surface area contributed by atoms with Crippen LogP contribution >= 0.6 is 0 Å². The van der Waals surface area contributed by atoms with Crippen molar-refractivity contribution in [1.82, 2.24) is 0 Å². The fourth-order valence-electron chi connectivity index (χ4n) is 1.71. The quantitative estimate of drug-likeness (QED) is 0.697. The number of hydrogen-bond acceptors (Lipinski definition) is 1. The molecule has 70 valence electrons. The maximum absolute atomic E-state index is 9.94. The van der Waals surface area contributed by atoms with Crippen molar-refractivity contribution in [1.29, 1.82) is 0 Å². The van der Waals surface area contributed by atoms with E-state index in [9.17, 15) is 5.11 Å². The third-order valence-corrected chi connectivity index (χ3v) is 3.19. The molecular weight excluding hydrogens is 160 g/mol. The molecule has 1 aromatic carbocycles. The first kappa shape index (κ1) is 8.76. The van der Waals surface area contributed by atoms with Crippen LogP contribution in [0.25, 0.3) is 0 Å². The number of aliphatic hydroxyl groups is 1. The normalized spacial score (nSPS) is 18.8. The first-order chi connectivity index (χ1) is 6.03. The summed E-state index contributed by atoms with van der Waals surface area (Å²) in [5.74, 6) is 0. The molecule has 1 nitrogen and oxygen atoms in total. The topological polar surface area (TPSA) is 20.2 Å². The summed E-state index contributed by atoms with van der Waals surface area (Å²) in [6.45, 7) is 6.35. The average Bonchev–Trinajstić information content (AvgIpc) is 2.80. The van der Waals surface area contributed by atoms with Crippen LogP contribution in [0.3, 0.4) is 0 Å². The molecule has 1 fully saturated rings. The Morgan fingerprint density at radius 1 is 1.08 bits per heavy atom. The van der Waals surface area contributed by atoms with Gasteiger partial charge in [0.15, 0.2) is 0 Å². The van der Waals surface area contributed by atoms with Crippen LogP contribution in [0.5, 0.6) is 0 Å². The zero-order valence-electron chi connectivity index (χ0n) is 8.52. The maximum atomic E-state index is 9.94. The van der Waals surface area contributed by atoms with Gasteiger partial charge in [-0.1, -0.05) is 12.1 Å². The second-order valence-electron chi connectivity index (χ2n) is 4.27. The molecule has 1 aliphatic rings. The summed E-state index contributed by atoms with van der Waals surface area (Å²) in [5, 5.41) is 9.94. The Balaban J connectivity index is 2.50. The molecule has 0 unspecified atom stereocenters. The van der Waals surface area contributed by atoms with Crippen molar-refractivity contribution < 1.29 is 5.11 Å². The van der Waals surface area contributed by atoms with E-state index >= 15 is 0 Å². The van der Waals surface area contributed by atoms with Crippen LogP contribution in [-0.4, -0.2) is 5.11 Å². The molecule has 0 radical (unpaired) electrons. The van der Waals surface area contributed by atoms with E-state index in [4.69, 9.17) is 0 Å². The monoisotopic (exact) mass is 176 g/mol. The van der Waals surface area contributed by atoms with Gasteiger partial charge in [-0.2, -0.15) is 0 Å². The number of benzene rings is 1. The summed E-state index contributed by atoms with van der Waals surface area (Å²) in [6, 6.07) is 4.24. The highest BCUT2D eigenvalue weighted by Crippen LogP contribution is 2.45. The van der Waals surface area contributed by atoms with E-state index in [0.717, 1.165) is 18.4 Å². The summed E-state index contributed by atoms with van der Waals surface area (Å²) in [4.78, 5) is 0. The van der Waals surface area contributed by atoms with Crippen molar-refractivity contribution in [2.75, 3.05) is 0 Å². The molecule has 1 saturated carbocycles. The smallest absolute Gasteiger partial charge is 0.0899 e. The second-order valence-corrected chi connectivity index (χ2v) is 4.27. The van der Waals surface area contributed by atoms with Crippen LogP contribution < -0.4 is 0 Å². The van der Waals surface area contributed by atoms with Gasteiger partial charge in [-0.25, -0.2) is 0 Å². The van der Waals surface area contributed by atoms with Gasteiger partial charge in [-0.3, -0.25) is 0 Å². The lowest BCUT2D eigenvalue weighted by molar-refractivity contribution is 0.151. The number of hydrogen-bond donors (Lipinski definition) is 1. The predicted molar refractivity (Wildman–Crippen MR) is 53.8 cm³/mol. The predicted octanol–water partition coefficient (Wildman–Crippen LogP) is 2.59. The molecule has 13 heavy (non-hydrogen) atoms. The van der Waals surface area contributed by atoms with Crippen molar-refractivity contribution in [3.8, 4) is 0 Å². The lowest BCUT2D eigenvalue weighted by atomic mass is 9.97. The van der Waals surface area contributed by atoms with Gasteiger partial charge in [0.05, 0.1) is 5.60 Å². The van der Waals surface area contributed by atoms with E-state index in [2.05, 4.69) is 32.9 Å². The maximum Gasteiger partial charge on any atom is 0.0899 e. The van der Waals surface area contributed by atoms with Gasteiger partial charge in [0, 0.05) is 0 Å². The first-order valence-corrected chi connectivity index (χ1v) is 4.84. The van der Waals surface area contributed by atoms with Gasteiger partial charge >= 0.3 is 0 Å². The molecule has 0 heterocycles. The fourth-order valence-corrected chi connectivity index (χ4v) is 1.71. The number of aryl methyl sites for hydroxylation is 2. The highest BCUT2D eigenvalue weighted by atomic mass is 16.3. The van der Waals surface area contributed by atoms with Crippen molar-refractivity contribution in [2.24, 2.45) is 0 Å². The van der Waals surface area contributed by atoms with Gasteiger partial charge in [0.25, 0.3) is 0 Å². The van der Waals surface area contributed by atoms with Crippen LogP contribution in [0.2, 0.25) is 0 Å². The Morgan fingerprint density at radius 3 is 1.92 bits per heavy atom. The van der Waals surface area contributed by atoms with E-state index in [1.807, 2.05) is 0 Å². The first-order valence-electron chi connectivity index (χ1n) is 4.84. The Morgan fingerprint density at radius 2 is 1.54 bits per heavy atom. The highest BCUT2D eigenvalue weighted by Gasteiger charge is 2.42. The van der Waals surface area contributed by atoms with Gasteiger partial charge < -0.3 is 5.11 Å². The molecule has 0 amide bonds. The Hall–Kier alpha value is -0.820. The van der Waals surface area contributed by atoms with Gasteiger partial charge in [-0.05, 0) is 55.9 Å². The molecule has 1 aliphatic carbocycles. The zero-order chi connectivity index (χ0) is 9.64. The van der Waals surface area contributed by atoms with Crippen molar-refractivity contribution in [2.45, 2.75) is 39.2 Å². The molecule has 1 heteroatoms. The van der Waals surface area contributed by atoms with Crippen molar-refractivity contribution in [3.63, 3.8) is 0 Å². The van der Waals surface area contributed by atoms with Gasteiger partial charge in [0.2, 0.25) is 0 Å². The third-order valence-electron chi connectivity index (χ3n) is 3.19. The minimum atomic E-state index is -0.483. The van der Waals surface area contributed by atoms with E-state index in [0.29, 0.717) is 0 Å². The Kier molecular flexibility index (Phi) is 1.74. The van der Waals surface area contributed by atoms with Crippen LogP contribution in [0.15, 0.2) is 12.1 Å². The fraction of sp³-hybridized carbons (Fsp3) is 0.500. The molecule has 0 spiro atoms. The van der Waals surface area contributed by atoms with Crippen LogP contribution in [0.4, 0.5) is 0 Å². The molecule has 0 saturated heterocycles. The standard InChI is InChI=1S/C12H16O/c1-8-6-11(12(13)4-5-12)7-9(2)10(8)3/h6-7,13H,4-5H2,1-3H3. The Labute approximate surface area is 79.4 Å². The lowest BCUT2D eigenvalue weighted by Crippen LogP contribution is -2.05. The largest absolute Gasteiger partial charge is 0.385 e. The van der Waals surface area contributed by atoms with E-state index in [1.165, 1.54) is 16.7 Å². The molecule has 2 rings (SSSR count). The van der Waals surface area contributed by atoms with Crippen molar-refractivity contribution in [3.05, 3.63) is 34.4 Å². The SMILES string of the molecule is Cc1cc(C2(O)CC2)cc(C)c1C. The third kappa shape index (κ3) is 1.37. The Bertz CT molecular complexity index is 325. The van der Waals surface area contributed by atoms with Crippen molar-refractivity contribution >= 4 is 0 Å². The molecule has 0 aromatic heterocycles. The van der Waals surface area contributed by atoms with Crippen LogP contribution in [-0.2, 0) is 5.60 Å². The summed E-state index contributed by atoms with van der Waals surface area (Å²) >= 11 is 0. The zero-order valence-corrected chi connectivity index (χ0v) is 8.52. The highest BCUT2D eigenvalue weighted by molar-refractivity contribution is 5.40. The summed E-state index contributed by atoms with van der Waals surface area (Å²) in [6.07, 6.45) is 1.85. The van der Waals surface area contributed by atoms with Crippen LogP contribution in [0.1, 0.15) is 35.1 Å². The molecule has 0 bridgehead atoms. The van der Waals surface area contributed by atoms with Crippen LogP contribution in [0, 0.1) is 20.8 Å². The van der Waals surface area contributed by atoms with E-state index < -0.39 is 5.60 Å². The molecule has 1 aromatic rings. The van der Waals surface area contributed by atoms with E-state index in [-0.39, 0.29) is 0 Å². The minimum absolute atomic E-state index is 0.483. The molecular formula is C12H16O. The molecule has 0 aliphatic heterocycles. The molecule has 0 atom stereocenters. The number of rotatable bonds is 1. The van der Waals surface area contributed by atoms with E-state index in [1.54, 1.807) is 0 Å². The summed E-state index contributed by atoms with van der Waals surface area (Å²) in [7, 11) is 0. The second kappa shape index (κ2) is 2.58. The van der Waals surface area contributed by atoms with Gasteiger partial charge in [-0.15, -0.1) is 0 Å². The summed E-state index contributed by atoms with van der Waals surface area (Å²) < 4.78 is 0. The van der Waals surface area contributed by atoms with Gasteiger partial charge in [0.1, 0.15) is 0 Å². The lowest BCUT2D eigenvalue weighted by Gasteiger charge is -2.12.